The number of anilines is 1. The Kier molecular flexibility index (Phi) is 3.53. The van der Waals surface area contributed by atoms with Crippen molar-refractivity contribution in [2.24, 2.45) is 0 Å². The molecule has 0 aliphatic carbocycles. The van der Waals surface area contributed by atoms with Gasteiger partial charge in [-0.15, -0.1) is 0 Å². The topological polar surface area (TPSA) is 54.9 Å². The van der Waals surface area contributed by atoms with Crippen LogP contribution in [0.15, 0.2) is 30.6 Å². The molecule has 2 aromatic rings. The summed E-state index contributed by atoms with van der Waals surface area (Å²) in [6, 6.07) is 4.27. The van der Waals surface area contributed by atoms with Crippen LogP contribution in [0.4, 0.5) is 10.1 Å². The monoisotopic (exact) mass is 265 g/mol. The van der Waals surface area contributed by atoms with Crippen LogP contribution in [0.5, 0.6) is 0 Å². The van der Waals surface area contributed by atoms with Crippen molar-refractivity contribution in [3.05, 3.63) is 52.8 Å². The van der Waals surface area contributed by atoms with Crippen molar-refractivity contribution < 1.29 is 9.18 Å². The van der Waals surface area contributed by atoms with E-state index in [1.54, 1.807) is 19.1 Å². The summed E-state index contributed by atoms with van der Waals surface area (Å²) in [4.78, 5) is 19.2. The van der Waals surface area contributed by atoms with Gasteiger partial charge in [0.2, 0.25) is 5.28 Å². The SMILES string of the molecule is Cc1ccc(C(=O)Nc2cnc(Cl)nc2)cc1F. The van der Waals surface area contributed by atoms with E-state index in [9.17, 15) is 9.18 Å². The fourth-order valence-corrected chi connectivity index (χ4v) is 1.41. The smallest absolute Gasteiger partial charge is 0.255 e. The van der Waals surface area contributed by atoms with E-state index in [0.717, 1.165) is 0 Å². The van der Waals surface area contributed by atoms with Gasteiger partial charge in [-0.3, -0.25) is 4.79 Å². The van der Waals surface area contributed by atoms with Crippen LogP contribution in [-0.2, 0) is 0 Å². The second-order valence-corrected chi connectivity index (χ2v) is 4.00. The van der Waals surface area contributed by atoms with Gasteiger partial charge in [0.1, 0.15) is 5.82 Å². The molecule has 1 N–H and O–H groups in total. The van der Waals surface area contributed by atoms with Gasteiger partial charge < -0.3 is 5.32 Å². The van der Waals surface area contributed by atoms with Gasteiger partial charge in [0, 0.05) is 5.56 Å². The van der Waals surface area contributed by atoms with E-state index >= 15 is 0 Å². The average Bonchev–Trinajstić information content (AvgIpc) is 2.35. The van der Waals surface area contributed by atoms with Crippen LogP contribution >= 0.6 is 11.6 Å². The van der Waals surface area contributed by atoms with E-state index < -0.39 is 11.7 Å². The molecule has 0 bridgehead atoms. The highest BCUT2D eigenvalue weighted by atomic mass is 35.5. The predicted octanol–water partition coefficient (Wildman–Crippen LogP) is 2.83. The third kappa shape index (κ3) is 2.81. The summed E-state index contributed by atoms with van der Waals surface area (Å²) in [6.07, 6.45) is 2.75. The number of benzene rings is 1. The molecule has 0 aliphatic rings. The minimum absolute atomic E-state index is 0.0920. The zero-order chi connectivity index (χ0) is 13.1. The van der Waals surface area contributed by atoms with Crippen molar-refractivity contribution in [3.8, 4) is 0 Å². The zero-order valence-electron chi connectivity index (χ0n) is 9.45. The first-order valence-corrected chi connectivity index (χ1v) is 5.49. The van der Waals surface area contributed by atoms with Crippen molar-refractivity contribution in [2.45, 2.75) is 6.92 Å². The summed E-state index contributed by atoms with van der Waals surface area (Å²) in [5.41, 5.74) is 1.11. The molecule has 0 unspecified atom stereocenters. The van der Waals surface area contributed by atoms with E-state index in [4.69, 9.17) is 11.6 Å². The highest BCUT2D eigenvalue weighted by Crippen LogP contribution is 2.12. The van der Waals surface area contributed by atoms with Crippen LogP contribution in [0.25, 0.3) is 0 Å². The molecule has 18 heavy (non-hydrogen) atoms. The van der Waals surface area contributed by atoms with Crippen LogP contribution in [0.1, 0.15) is 15.9 Å². The summed E-state index contributed by atoms with van der Waals surface area (Å²) in [7, 11) is 0. The van der Waals surface area contributed by atoms with E-state index in [2.05, 4.69) is 15.3 Å². The normalized spacial score (nSPS) is 10.2. The summed E-state index contributed by atoms with van der Waals surface area (Å²) in [5, 5.41) is 2.63. The highest BCUT2D eigenvalue weighted by molar-refractivity contribution is 6.28. The molecular weight excluding hydrogens is 257 g/mol. The lowest BCUT2D eigenvalue weighted by atomic mass is 10.1. The van der Waals surface area contributed by atoms with Crippen LogP contribution in [0.2, 0.25) is 5.28 Å². The molecule has 0 saturated carbocycles. The molecule has 92 valence electrons. The number of amides is 1. The van der Waals surface area contributed by atoms with E-state index in [1.165, 1.54) is 18.5 Å². The molecule has 1 aromatic carbocycles. The van der Waals surface area contributed by atoms with Gasteiger partial charge in [0.25, 0.3) is 5.91 Å². The lowest BCUT2D eigenvalue weighted by Crippen LogP contribution is -2.12. The Labute approximate surface area is 108 Å². The number of aryl methyl sites for hydroxylation is 1. The molecule has 0 spiro atoms. The molecule has 6 heteroatoms. The Balaban J connectivity index is 2.16. The number of nitrogens with one attached hydrogen (secondary N) is 1. The van der Waals surface area contributed by atoms with Crippen molar-refractivity contribution in [2.75, 3.05) is 5.32 Å². The fourth-order valence-electron chi connectivity index (χ4n) is 1.31. The molecule has 4 nitrogen and oxygen atoms in total. The van der Waals surface area contributed by atoms with E-state index in [-0.39, 0.29) is 10.8 Å². The van der Waals surface area contributed by atoms with Gasteiger partial charge in [-0.2, -0.15) is 0 Å². The maximum absolute atomic E-state index is 13.3. The van der Waals surface area contributed by atoms with Crippen LogP contribution in [-0.4, -0.2) is 15.9 Å². The van der Waals surface area contributed by atoms with Gasteiger partial charge in [0.15, 0.2) is 0 Å². The number of hydrogen-bond acceptors (Lipinski definition) is 3. The third-order valence-corrected chi connectivity index (χ3v) is 2.51. The first-order valence-electron chi connectivity index (χ1n) is 5.11. The number of carbonyl (C=O) groups is 1. The predicted molar refractivity (Wildman–Crippen MR) is 66.1 cm³/mol. The molecule has 1 amide bonds. The largest absolute Gasteiger partial charge is 0.319 e. The average molecular weight is 266 g/mol. The molecule has 0 aliphatic heterocycles. The summed E-state index contributed by atoms with van der Waals surface area (Å²) in [5.74, 6) is -0.852. The minimum atomic E-state index is -0.431. The highest BCUT2D eigenvalue weighted by Gasteiger charge is 2.08. The van der Waals surface area contributed by atoms with Crippen molar-refractivity contribution >= 4 is 23.2 Å². The number of halogens is 2. The standard InChI is InChI=1S/C12H9ClFN3O/c1-7-2-3-8(4-10(7)14)11(18)17-9-5-15-12(13)16-6-9/h2-6H,1H3,(H,17,18). The van der Waals surface area contributed by atoms with Gasteiger partial charge in [0.05, 0.1) is 18.1 Å². The number of nitrogens with zero attached hydrogens (tertiary/aromatic N) is 2. The molecule has 0 radical (unpaired) electrons. The van der Waals surface area contributed by atoms with Crippen LogP contribution in [0, 0.1) is 12.7 Å². The number of hydrogen-bond donors (Lipinski definition) is 1. The summed E-state index contributed by atoms with van der Waals surface area (Å²) >= 11 is 5.52. The van der Waals surface area contributed by atoms with Crippen molar-refractivity contribution in [1.82, 2.24) is 9.97 Å². The van der Waals surface area contributed by atoms with Gasteiger partial charge in [-0.25, -0.2) is 14.4 Å². The quantitative estimate of drug-likeness (QED) is 0.850. The van der Waals surface area contributed by atoms with Crippen LogP contribution in [0.3, 0.4) is 0 Å². The Morgan fingerprint density at radius 1 is 1.33 bits per heavy atom. The first-order chi connectivity index (χ1) is 8.56. The van der Waals surface area contributed by atoms with Crippen molar-refractivity contribution in [1.29, 1.82) is 0 Å². The molecule has 1 heterocycles. The first kappa shape index (κ1) is 12.4. The molecule has 0 atom stereocenters. The third-order valence-electron chi connectivity index (χ3n) is 2.31. The van der Waals surface area contributed by atoms with Crippen LogP contribution < -0.4 is 5.32 Å². The summed E-state index contributed by atoms with van der Waals surface area (Å²) in [6.45, 7) is 1.63. The second kappa shape index (κ2) is 5.10. The van der Waals surface area contributed by atoms with E-state index in [0.29, 0.717) is 11.3 Å². The Hall–Kier alpha value is -2.01. The Morgan fingerprint density at radius 2 is 2.00 bits per heavy atom. The molecular formula is C12H9ClFN3O. The maximum atomic E-state index is 13.3. The lowest BCUT2D eigenvalue weighted by Gasteiger charge is -2.05. The van der Waals surface area contributed by atoms with Crippen molar-refractivity contribution in [3.63, 3.8) is 0 Å². The lowest BCUT2D eigenvalue weighted by molar-refractivity contribution is 0.102. The van der Waals surface area contributed by atoms with Gasteiger partial charge in [-0.1, -0.05) is 6.07 Å². The van der Waals surface area contributed by atoms with Gasteiger partial charge >= 0.3 is 0 Å². The summed E-state index contributed by atoms with van der Waals surface area (Å²) < 4.78 is 13.3. The fraction of sp³-hybridized carbons (Fsp3) is 0.0833. The maximum Gasteiger partial charge on any atom is 0.255 e. The Bertz CT molecular complexity index is 586. The zero-order valence-corrected chi connectivity index (χ0v) is 10.2. The molecule has 0 fully saturated rings. The molecule has 0 saturated heterocycles. The molecule has 2 rings (SSSR count). The Morgan fingerprint density at radius 3 is 2.61 bits per heavy atom. The van der Waals surface area contributed by atoms with E-state index in [1.807, 2.05) is 0 Å². The minimum Gasteiger partial charge on any atom is -0.319 e. The number of rotatable bonds is 2. The van der Waals surface area contributed by atoms with Gasteiger partial charge in [-0.05, 0) is 36.2 Å². The number of carbonyl (C=O) groups excluding carboxylic acids is 1. The molecule has 1 aromatic heterocycles. The second-order valence-electron chi connectivity index (χ2n) is 3.66. The number of aromatic nitrogens is 2.